The van der Waals surface area contributed by atoms with Gasteiger partial charge in [0.05, 0.1) is 41.0 Å². The molecule has 0 saturated carbocycles. The summed E-state index contributed by atoms with van der Waals surface area (Å²) in [6, 6.07) is 5.70. The summed E-state index contributed by atoms with van der Waals surface area (Å²) in [6.45, 7) is 1.71. The average Bonchev–Trinajstić information content (AvgIpc) is 2.97. The zero-order chi connectivity index (χ0) is 16.6. The van der Waals surface area contributed by atoms with Crippen LogP contribution in [-0.4, -0.2) is 34.6 Å². The highest BCUT2D eigenvalue weighted by atomic mass is 32.2. The Hall–Kier alpha value is -2.59. The fourth-order valence-corrected chi connectivity index (χ4v) is 3.96. The molecule has 3 rings (SSSR count). The number of carbonyl (C=O) groups is 2. The van der Waals surface area contributed by atoms with Crippen molar-refractivity contribution in [3.8, 4) is 6.07 Å². The molecule has 1 unspecified atom stereocenters. The summed E-state index contributed by atoms with van der Waals surface area (Å²) in [5, 5.41) is 10.3. The first-order valence-corrected chi connectivity index (χ1v) is 7.87. The Morgan fingerprint density at radius 2 is 2.17 bits per heavy atom. The average molecular weight is 327 g/mol. The molecule has 0 bridgehead atoms. The van der Waals surface area contributed by atoms with Crippen molar-refractivity contribution in [1.29, 1.82) is 5.26 Å². The number of ether oxygens (including phenoxy) is 1. The predicted octanol–water partition coefficient (Wildman–Crippen LogP) is 1.94. The van der Waals surface area contributed by atoms with Crippen LogP contribution in [0.4, 0.5) is 0 Å². The van der Waals surface area contributed by atoms with Crippen molar-refractivity contribution in [2.75, 3.05) is 12.9 Å². The molecule has 0 aliphatic carbocycles. The van der Waals surface area contributed by atoms with Crippen LogP contribution in [0.25, 0.3) is 0 Å². The van der Waals surface area contributed by atoms with Crippen molar-refractivity contribution in [3.05, 3.63) is 52.0 Å². The Bertz CT molecular complexity index is 793. The van der Waals surface area contributed by atoms with Gasteiger partial charge in [-0.25, -0.2) is 4.79 Å². The van der Waals surface area contributed by atoms with Gasteiger partial charge in [0.25, 0.3) is 0 Å². The Balaban J connectivity index is 2.27. The van der Waals surface area contributed by atoms with E-state index in [2.05, 4.69) is 11.1 Å². The fraction of sp³-hybridized carbons (Fsp3) is 0.250. The zero-order valence-electron chi connectivity index (χ0n) is 12.6. The van der Waals surface area contributed by atoms with E-state index in [-0.39, 0.29) is 11.7 Å². The third-order valence-electron chi connectivity index (χ3n) is 3.88. The maximum atomic E-state index is 12.3. The molecule has 0 aromatic carbocycles. The largest absolute Gasteiger partial charge is 0.466 e. The number of allylic oxidation sites excluding steroid dienone is 2. The van der Waals surface area contributed by atoms with Crippen molar-refractivity contribution in [1.82, 2.24) is 9.88 Å². The van der Waals surface area contributed by atoms with E-state index in [1.165, 1.54) is 23.8 Å². The van der Waals surface area contributed by atoms with Crippen LogP contribution in [0.3, 0.4) is 0 Å². The number of pyridine rings is 1. The first-order chi connectivity index (χ1) is 11.1. The summed E-state index contributed by atoms with van der Waals surface area (Å²) in [5.41, 5.74) is 1.99. The number of methoxy groups -OCH3 is 1. The molecule has 0 radical (unpaired) electrons. The molecule has 3 heterocycles. The number of hydrogen-bond acceptors (Lipinski definition) is 6. The molecule has 23 heavy (non-hydrogen) atoms. The van der Waals surface area contributed by atoms with Crippen LogP contribution < -0.4 is 0 Å². The molecule has 1 saturated heterocycles. The van der Waals surface area contributed by atoms with Crippen molar-refractivity contribution in [3.63, 3.8) is 0 Å². The second kappa shape index (κ2) is 5.89. The molecule has 6 nitrogen and oxygen atoms in total. The lowest BCUT2D eigenvalue weighted by molar-refractivity contribution is -0.136. The third-order valence-corrected chi connectivity index (χ3v) is 4.95. The molecular formula is C16H13N3O3S. The topological polar surface area (TPSA) is 83.3 Å². The first kappa shape index (κ1) is 15.3. The SMILES string of the molecule is COC(=O)C1=C(C)N2C(=O)CSC2=C(C#N)C1c1ccncc1. The molecule has 7 heteroatoms. The standard InChI is InChI=1S/C16H13N3O3S/c1-9-13(16(21)22-2)14(10-3-5-18-6-4-10)11(7-17)15-19(9)12(20)8-23-15/h3-6,14H,8H2,1-2H3. The minimum Gasteiger partial charge on any atom is -0.466 e. The van der Waals surface area contributed by atoms with Gasteiger partial charge < -0.3 is 4.74 Å². The van der Waals surface area contributed by atoms with Crippen molar-refractivity contribution < 1.29 is 14.3 Å². The van der Waals surface area contributed by atoms with Gasteiger partial charge in [-0.05, 0) is 24.6 Å². The fourth-order valence-electron chi connectivity index (χ4n) is 2.88. The molecule has 1 fully saturated rings. The molecule has 116 valence electrons. The highest BCUT2D eigenvalue weighted by Crippen LogP contribution is 2.47. The Kier molecular flexibility index (Phi) is 3.92. The summed E-state index contributed by atoms with van der Waals surface area (Å²) in [5.74, 6) is -0.971. The number of esters is 1. The van der Waals surface area contributed by atoms with Gasteiger partial charge in [0.1, 0.15) is 0 Å². The molecule has 0 spiro atoms. The van der Waals surface area contributed by atoms with Gasteiger partial charge in [-0.2, -0.15) is 5.26 Å². The molecular weight excluding hydrogens is 314 g/mol. The predicted molar refractivity (Wildman–Crippen MR) is 83.6 cm³/mol. The third kappa shape index (κ3) is 2.32. The number of fused-ring (bicyclic) bond motifs is 1. The van der Waals surface area contributed by atoms with Crippen LogP contribution in [0.1, 0.15) is 18.4 Å². The normalized spacial score (nSPS) is 20.5. The number of thioether (sulfide) groups is 1. The lowest BCUT2D eigenvalue weighted by Gasteiger charge is -2.32. The second-order valence-corrected chi connectivity index (χ2v) is 6.02. The zero-order valence-corrected chi connectivity index (χ0v) is 13.4. The van der Waals surface area contributed by atoms with E-state index in [9.17, 15) is 14.9 Å². The van der Waals surface area contributed by atoms with E-state index < -0.39 is 11.9 Å². The molecule has 1 aromatic heterocycles. The molecule has 1 aromatic rings. The Morgan fingerprint density at radius 1 is 1.48 bits per heavy atom. The van der Waals surface area contributed by atoms with E-state index in [0.29, 0.717) is 21.9 Å². The summed E-state index contributed by atoms with van der Waals surface area (Å²) in [7, 11) is 1.29. The number of nitrogens with zero attached hydrogens (tertiary/aromatic N) is 3. The highest BCUT2D eigenvalue weighted by Gasteiger charge is 2.43. The molecule has 0 N–H and O–H groups in total. The van der Waals surface area contributed by atoms with Crippen LogP contribution in [0.2, 0.25) is 0 Å². The van der Waals surface area contributed by atoms with E-state index in [0.717, 1.165) is 5.56 Å². The molecule has 2 aliphatic rings. The summed E-state index contributed by atoms with van der Waals surface area (Å²) in [4.78, 5) is 29.9. The van der Waals surface area contributed by atoms with Gasteiger partial charge in [-0.1, -0.05) is 11.8 Å². The second-order valence-electron chi connectivity index (χ2n) is 5.05. The van der Waals surface area contributed by atoms with Crippen molar-refractivity contribution in [2.45, 2.75) is 12.8 Å². The number of hydrogen-bond donors (Lipinski definition) is 0. The lowest BCUT2D eigenvalue weighted by Crippen LogP contribution is -2.32. The summed E-state index contributed by atoms with van der Waals surface area (Å²) >= 11 is 1.32. The lowest BCUT2D eigenvalue weighted by atomic mass is 9.82. The number of carbonyl (C=O) groups excluding carboxylic acids is 2. The van der Waals surface area contributed by atoms with E-state index in [1.807, 2.05) is 0 Å². The van der Waals surface area contributed by atoms with Crippen molar-refractivity contribution in [2.24, 2.45) is 0 Å². The van der Waals surface area contributed by atoms with E-state index in [1.54, 1.807) is 31.5 Å². The van der Waals surface area contributed by atoms with E-state index >= 15 is 0 Å². The van der Waals surface area contributed by atoms with Crippen LogP contribution in [0.5, 0.6) is 0 Å². The van der Waals surface area contributed by atoms with Crippen LogP contribution in [0.15, 0.2) is 46.4 Å². The number of amides is 1. The highest BCUT2D eigenvalue weighted by molar-refractivity contribution is 8.04. The Morgan fingerprint density at radius 3 is 2.78 bits per heavy atom. The van der Waals surface area contributed by atoms with Gasteiger partial charge in [0, 0.05) is 18.1 Å². The first-order valence-electron chi connectivity index (χ1n) is 6.89. The Labute approximate surface area is 137 Å². The van der Waals surface area contributed by atoms with Gasteiger partial charge in [0.15, 0.2) is 0 Å². The molecule has 1 amide bonds. The minimum absolute atomic E-state index is 0.134. The number of rotatable bonds is 2. The van der Waals surface area contributed by atoms with Crippen molar-refractivity contribution >= 4 is 23.6 Å². The number of nitriles is 1. The van der Waals surface area contributed by atoms with Crippen LogP contribution >= 0.6 is 11.8 Å². The summed E-state index contributed by atoms with van der Waals surface area (Å²) in [6.07, 6.45) is 3.22. The van der Waals surface area contributed by atoms with E-state index in [4.69, 9.17) is 4.74 Å². The van der Waals surface area contributed by atoms with Crippen LogP contribution in [-0.2, 0) is 14.3 Å². The molecule has 1 atom stereocenters. The van der Waals surface area contributed by atoms with Gasteiger partial charge in [-0.3, -0.25) is 14.7 Å². The van der Waals surface area contributed by atoms with Gasteiger partial charge >= 0.3 is 5.97 Å². The quantitative estimate of drug-likeness (QED) is 0.772. The van der Waals surface area contributed by atoms with Crippen LogP contribution in [0, 0.1) is 11.3 Å². The summed E-state index contributed by atoms with van der Waals surface area (Å²) < 4.78 is 4.90. The maximum absolute atomic E-state index is 12.3. The number of aromatic nitrogens is 1. The van der Waals surface area contributed by atoms with Gasteiger partial charge in [-0.15, -0.1) is 0 Å². The smallest absolute Gasteiger partial charge is 0.336 e. The maximum Gasteiger partial charge on any atom is 0.336 e. The monoisotopic (exact) mass is 327 g/mol. The minimum atomic E-state index is -0.555. The molecule has 2 aliphatic heterocycles. The van der Waals surface area contributed by atoms with Gasteiger partial charge in [0.2, 0.25) is 5.91 Å².